The van der Waals surface area contributed by atoms with Gasteiger partial charge >= 0.3 is 0 Å². The van der Waals surface area contributed by atoms with Crippen LogP contribution in [0.4, 0.5) is 5.69 Å². The van der Waals surface area contributed by atoms with Crippen molar-refractivity contribution in [3.63, 3.8) is 0 Å². The smallest absolute Gasteiger partial charge is 0.0455 e. The van der Waals surface area contributed by atoms with Gasteiger partial charge < -0.3 is 15.6 Å². The number of nitrogen functional groups attached to an aromatic ring is 1. The van der Waals surface area contributed by atoms with Crippen LogP contribution < -0.4 is 5.73 Å². The Morgan fingerprint density at radius 3 is 2.56 bits per heavy atom. The first kappa shape index (κ1) is 11.0. The number of aromatic nitrogens is 1. The molecule has 0 radical (unpaired) electrons. The van der Waals surface area contributed by atoms with E-state index >= 15 is 0 Å². The molecule has 1 aromatic heterocycles. The molecule has 2 aromatic rings. The van der Waals surface area contributed by atoms with Crippen molar-refractivity contribution in [1.29, 1.82) is 0 Å². The minimum absolute atomic E-state index is 0.812. The Balaban J connectivity index is 0.000000138. The average Bonchev–Trinajstić information content (AvgIpc) is 2.88. The monoisotopic (exact) mass is 217 g/mol. The summed E-state index contributed by atoms with van der Waals surface area (Å²) < 4.78 is 0. The van der Waals surface area contributed by atoms with Crippen molar-refractivity contribution in [2.24, 2.45) is 0 Å². The molecule has 3 nitrogen and oxygen atoms in total. The largest absolute Gasteiger partial charge is 0.399 e. The molecule has 0 atom stereocenters. The van der Waals surface area contributed by atoms with Gasteiger partial charge in [0.05, 0.1) is 0 Å². The highest BCUT2D eigenvalue weighted by Crippen LogP contribution is 2.14. The highest BCUT2D eigenvalue weighted by molar-refractivity contribution is 5.82. The molecular weight excluding hydrogens is 198 g/mol. The molecule has 2 heterocycles. The molecule has 1 fully saturated rings. The lowest BCUT2D eigenvalue weighted by atomic mass is 10.2. The standard InChI is InChI=1S/C8H8N2.C5H11N/c9-7-1-2-8-6(5-7)3-4-10-8;1-6-4-2-3-5-6/h1-5,10H,9H2;2-5H2,1H3. The van der Waals surface area contributed by atoms with Gasteiger partial charge in [0.2, 0.25) is 0 Å². The number of likely N-dealkylation sites (tertiary alicyclic amines) is 1. The van der Waals surface area contributed by atoms with Crippen molar-refractivity contribution in [2.75, 3.05) is 25.9 Å². The third kappa shape index (κ3) is 2.76. The van der Waals surface area contributed by atoms with Crippen LogP contribution in [0.1, 0.15) is 12.8 Å². The zero-order valence-corrected chi connectivity index (χ0v) is 9.74. The number of nitrogens with one attached hydrogen (secondary N) is 1. The van der Waals surface area contributed by atoms with E-state index in [9.17, 15) is 0 Å². The molecule has 0 bridgehead atoms. The molecule has 1 saturated heterocycles. The summed E-state index contributed by atoms with van der Waals surface area (Å²) in [4.78, 5) is 5.45. The number of nitrogens with zero attached hydrogens (tertiary/aromatic N) is 1. The van der Waals surface area contributed by atoms with E-state index in [0.717, 1.165) is 11.2 Å². The highest BCUT2D eigenvalue weighted by atomic mass is 15.1. The zero-order chi connectivity index (χ0) is 11.4. The summed E-state index contributed by atoms with van der Waals surface area (Å²) in [6.07, 6.45) is 4.73. The molecule has 0 amide bonds. The van der Waals surface area contributed by atoms with Crippen LogP contribution in [0.2, 0.25) is 0 Å². The molecule has 1 aliphatic rings. The van der Waals surface area contributed by atoms with E-state index in [1.807, 2.05) is 30.5 Å². The third-order valence-corrected chi connectivity index (χ3v) is 2.91. The van der Waals surface area contributed by atoms with E-state index in [4.69, 9.17) is 5.73 Å². The predicted molar refractivity (Wildman–Crippen MR) is 69.4 cm³/mol. The van der Waals surface area contributed by atoms with E-state index in [2.05, 4.69) is 16.9 Å². The van der Waals surface area contributed by atoms with Crippen molar-refractivity contribution >= 4 is 16.6 Å². The second kappa shape index (κ2) is 5.03. The Bertz CT molecular complexity index is 441. The molecule has 0 aliphatic carbocycles. The van der Waals surface area contributed by atoms with Crippen LogP contribution in [0, 0.1) is 0 Å². The van der Waals surface area contributed by atoms with Gasteiger partial charge in [0.25, 0.3) is 0 Å². The Hall–Kier alpha value is -1.48. The number of hydrogen-bond acceptors (Lipinski definition) is 2. The first-order valence-electron chi connectivity index (χ1n) is 5.77. The van der Waals surface area contributed by atoms with Gasteiger partial charge in [0.1, 0.15) is 0 Å². The fourth-order valence-electron chi connectivity index (χ4n) is 1.95. The number of rotatable bonds is 0. The lowest BCUT2D eigenvalue weighted by molar-refractivity contribution is 0.418. The van der Waals surface area contributed by atoms with Gasteiger partial charge in [-0.3, -0.25) is 0 Å². The number of H-pyrrole nitrogens is 1. The topological polar surface area (TPSA) is 45.0 Å². The summed E-state index contributed by atoms with van der Waals surface area (Å²) in [5.41, 5.74) is 7.51. The van der Waals surface area contributed by atoms with Crippen LogP contribution >= 0.6 is 0 Å². The molecule has 3 rings (SSSR count). The average molecular weight is 217 g/mol. The number of nitrogens with two attached hydrogens (primary N) is 1. The molecule has 0 spiro atoms. The van der Waals surface area contributed by atoms with Crippen molar-refractivity contribution in [3.05, 3.63) is 30.5 Å². The van der Waals surface area contributed by atoms with Crippen LogP contribution in [-0.2, 0) is 0 Å². The minimum Gasteiger partial charge on any atom is -0.399 e. The fourth-order valence-corrected chi connectivity index (χ4v) is 1.95. The molecule has 3 N–H and O–H groups in total. The summed E-state index contributed by atoms with van der Waals surface area (Å²) >= 11 is 0. The number of hydrogen-bond donors (Lipinski definition) is 2. The van der Waals surface area contributed by atoms with Crippen molar-refractivity contribution < 1.29 is 0 Å². The summed E-state index contributed by atoms with van der Waals surface area (Å²) in [7, 11) is 2.17. The van der Waals surface area contributed by atoms with Gasteiger partial charge in [0, 0.05) is 22.8 Å². The van der Waals surface area contributed by atoms with Crippen molar-refractivity contribution in [3.8, 4) is 0 Å². The fraction of sp³-hybridized carbons (Fsp3) is 0.385. The van der Waals surface area contributed by atoms with Gasteiger partial charge in [-0.05, 0) is 57.2 Å². The number of aromatic amines is 1. The maximum Gasteiger partial charge on any atom is 0.0455 e. The van der Waals surface area contributed by atoms with Crippen LogP contribution in [0.5, 0.6) is 0 Å². The summed E-state index contributed by atoms with van der Waals surface area (Å²) in [6, 6.07) is 7.82. The molecule has 0 saturated carbocycles. The number of fused-ring (bicyclic) bond motifs is 1. The Morgan fingerprint density at radius 2 is 1.94 bits per heavy atom. The van der Waals surface area contributed by atoms with Crippen LogP contribution in [0.15, 0.2) is 30.5 Å². The maximum absolute atomic E-state index is 5.57. The minimum atomic E-state index is 0.812. The van der Waals surface area contributed by atoms with Crippen LogP contribution in [-0.4, -0.2) is 30.0 Å². The van der Waals surface area contributed by atoms with Crippen LogP contribution in [0.25, 0.3) is 10.9 Å². The maximum atomic E-state index is 5.57. The molecule has 1 aliphatic heterocycles. The van der Waals surface area contributed by atoms with E-state index in [-0.39, 0.29) is 0 Å². The van der Waals surface area contributed by atoms with Gasteiger partial charge in [0.15, 0.2) is 0 Å². The van der Waals surface area contributed by atoms with E-state index in [1.165, 1.54) is 31.3 Å². The first-order valence-corrected chi connectivity index (χ1v) is 5.77. The Morgan fingerprint density at radius 1 is 1.19 bits per heavy atom. The summed E-state index contributed by atoms with van der Waals surface area (Å²) in [5.74, 6) is 0. The van der Waals surface area contributed by atoms with Crippen molar-refractivity contribution in [2.45, 2.75) is 12.8 Å². The predicted octanol–water partition coefficient (Wildman–Crippen LogP) is 2.46. The van der Waals surface area contributed by atoms with Gasteiger partial charge in [-0.1, -0.05) is 0 Å². The Kier molecular flexibility index (Phi) is 3.47. The number of benzene rings is 1. The molecule has 1 aromatic carbocycles. The molecule has 3 heteroatoms. The lowest BCUT2D eigenvalue weighted by Crippen LogP contribution is -2.10. The van der Waals surface area contributed by atoms with E-state index in [0.29, 0.717) is 0 Å². The summed E-state index contributed by atoms with van der Waals surface area (Å²) in [5, 5.41) is 1.17. The second-order valence-electron chi connectivity index (χ2n) is 4.33. The molecular formula is C13H19N3. The van der Waals surface area contributed by atoms with Crippen LogP contribution in [0.3, 0.4) is 0 Å². The van der Waals surface area contributed by atoms with Crippen molar-refractivity contribution in [1.82, 2.24) is 9.88 Å². The first-order chi connectivity index (χ1) is 7.75. The van der Waals surface area contributed by atoms with Gasteiger partial charge in [-0.2, -0.15) is 0 Å². The quantitative estimate of drug-likeness (QED) is 0.666. The third-order valence-electron chi connectivity index (χ3n) is 2.91. The highest BCUT2D eigenvalue weighted by Gasteiger charge is 2.03. The second-order valence-corrected chi connectivity index (χ2v) is 4.33. The Labute approximate surface area is 96.2 Å². The van der Waals surface area contributed by atoms with Gasteiger partial charge in [-0.15, -0.1) is 0 Å². The summed E-state index contributed by atoms with van der Waals surface area (Å²) in [6.45, 7) is 2.64. The zero-order valence-electron chi connectivity index (χ0n) is 9.74. The normalized spacial score (nSPS) is 16.1. The molecule has 86 valence electrons. The molecule has 0 unspecified atom stereocenters. The molecule has 16 heavy (non-hydrogen) atoms. The number of anilines is 1. The van der Waals surface area contributed by atoms with E-state index < -0.39 is 0 Å². The lowest BCUT2D eigenvalue weighted by Gasteiger charge is -2.01. The van der Waals surface area contributed by atoms with Gasteiger partial charge in [-0.25, -0.2) is 0 Å². The van der Waals surface area contributed by atoms with E-state index in [1.54, 1.807) is 0 Å². The SMILES string of the molecule is CN1CCCC1.Nc1ccc2[nH]ccc2c1.